The van der Waals surface area contributed by atoms with Crippen LogP contribution in [-0.4, -0.2) is 41.9 Å². The maximum atomic E-state index is 11.1. The highest BCUT2D eigenvalue weighted by Gasteiger charge is 2.32. The zero-order valence-corrected chi connectivity index (χ0v) is 10.3. The fourth-order valence-corrected chi connectivity index (χ4v) is 2.34. The van der Waals surface area contributed by atoms with E-state index in [1.165, 1.54) is 0 Å². The molecule has 0 spiro atoms. The normalized spacial score (nSPS) is 22.9. The standard InChI is InChI=1S/C14H14N2O3/c17-8-12-7-16(14(9-18)19-12)11-3-4-13-10(6-11)2-1-5-15-13/h1-6,9,12,14,17H,7-8H2/t12-,14?/m1/s1. The molecule has 1 aromatic carbocycles. The smallest absolute Gasteiger partial charge is 0.187 e. The van der Waals surface area contributed by atoms with Crippen LogP contribution in [0.5, 0.6) is 0 Å². The minimum absolute atomic E-state index is 0.0873. The predicted molar refractivity (Wildman–Crippen MR) is 70.9 cm³/mol. The van der Waals surface area contributed by atoms with Crippen LogP contribution < -0.4 is 4.90 Å². The molecule has 1 aliphatic heterocycles. The fraction of sp³-hybridized carbons (Fsp3) is 0.286. The summed E-state index contributed by atoms with van der Waals surface area (Å²) in [5, 5.41) is 10.1. The van der Waals surface area contributed by atoms with Crippen molar-refractivity contribution < 1.29 is 14.6 Å². The van der Waals surface area contributed by atoms with Crippen LogP contribution in [0, 0.1) is 0 Å². The molecule has 0 amide bonds. The van der Waals surface area contributed by atoms with E-state index in [2.05, 4.69) is 4.98 Å². The first-order valence-electron chi connectivity index (χ1n) is 6.15. The third-order valence-electron chi connectivity index (χ3n) is 3.28. The second-order valence-corrected chi connectivity index (χ2v) is 4.50. The lowest BCUT2D eigenvalue weighted by Crippen LogP contribution is -2.31. The van der Waals surface area contributed by atoms with Gasteiger partial charge in [-0.1, -0.05) is 6.07 Å². The number of carbonyl (C=O) groups excluding carboxylic acids is 1. The number of ether oxygens (including phenoxy) is 1. The number of hydrogen-bond donors (Lipinski definition) is 1. The van der Waals surface area contributed by atoms with Crippen molar-refractivity contribution in [2.45, 2.75) is 12.3 Å². The van der Waals surface area contributed by atoms with Gasteiger partial charge in [-0.25, -0.2) is 0 Å². The van der Waals surface area contributed by atoms with Crippen LogP contribution in [0.1, 0.15) is 0 Å². The predicted octanol–water partition coefficient (Wildman–Crippen LogP) is 0.957. The van der Waals surface area contributed by atoms with Gasteiger partial charge in [0.1, 0.15) is 6.10 Å². The molecule has 19 heavy (non-hydrogen) atoms. The molecule has 0 bridgehead atoms. The fourth-order valence-electron chi connectivity index (χ4n) is 2.34. The number of pyridine rings is 1. The molecule has 0 saturated carbocycles. The molecular formula is C14H14N2O3. The molecule has 1 aliphatic rings. The first kappa shape index (κ1) is 12.1. The molecule has 3 rings (SSSR count). The Morgan fingerprint density at radius 3 is 3.16 bits per heavy atom. The Hall–Kier alpha value is -1.98. The van der Waals surface area contributed by atoms with Gasteiger partial charge in [0.25, 0.3) is 0 Å². The van der Waals surface area contributed by atoms with Crippen LogP contribution in [0.2, 0.25) is 0 Å². The summed E-state index contributed by atoms with van der Waals surface area (Å²) in [4.78, 5) is 17.2. The number of nitrogens with zero attached hydrogens (tertiary/aromatic N) is 2. The number of carbonyl (C=O) groups is 1. The summed E-state index contributed by atoms with van der Waals surface area (Å²) >= 11 is 0. The average molecular weight is 258 g/mol. The van der Waals surface area contributed by atoms with Crippen LogP contribution in [0.15, 0.2) is 36.5 Å². The van der Waals surface area contributed by atoms with Crippen LogP contribution in [0.25, 0.3) is 10.9 Å². The van der Waals surface area contributed by atoms with Crippen molar-refractivity contribution in [1.29, 1.82) is 0 Å². The van der Waals surface area contributed by atoms with Crippen LogP contribution in [0.3, 0.4) is 0 Å². The molecule has 2 aromatic rings. The van der Waals surface area contributed by atoms with Crippen molar-refractivity contribution in [3.63, 3.8) is 0 Å². The highest BCUT2D eigenvalue weighted by Crippen LogP contribution is 2.26. The molecule has 5 heteroatoms. The van der Waals surface area contributed by atoms with E-state index in [4.69, 9.17) is 9.84 Å². The number of fused-ring (bicyclic) bond motifs is 1. The summed E-state index contributed by atoms with van der Waals surface area (Å²) in [5.41, 5.74) is 1.81. The number of hydrogen-bond acceptors (Lipinski definition) is 5. The Bertz CT molecular complexity index is 602. The lowest BCUT2D eigenvalue weighted by atomic mass is 10.2. The Morgan fingerprint density at radius 1 is 1.47 bits per heavy atom. The van der Waals surface area contributed by atoms with E-state index in [9.17, 15) is 4.79 Å². The second kappa shape index (κ2) is 4.95. The number of benzene rings is 1. The topological polar surface area (TPSA) is 62.7 Å². The summed E-state index contributed by atoms with van der Waals surface area (Å²) in [7, 11) is 0. The molecule has 5 nitrogen and oxygen atoms in total. The molecule has 0 aliphatic carbocycles. The Morgan fingerprint density at radius 2 is 2.37 bits per heavy atom. The number of aromatic nitrogens is 1. The van der Waals surface area contributed by atoms with E-state index in [1.54, 1.807) is 6.20 Å². The summed E-state index contributed by atoms with van der Waals surface area (Å²) in [6.45, 7) is 0.418. The molecule has 1 N–H and O–H groups in total. The largest absolute Gasteiger partial charge is 0.394 e. The number of rotatable bonds is 3. The Balaban J connectivity index is 1.96. The van der Waals surface area contributed by atoms with Crippen molar-refractivity contribution in [2.24, 2.45) is 0 Å². The molecule has 1 unspecified atom stereocenters. The second-order valence-electron chi connectivity index (χ2n) is 4.50. The SMILES string of the molecule is O=CC1O[C@@H](CO)CN1c1ccc2ncccc2c1. The van der Waals surface area contributed by atoms with Gasteiger partial charge in [-0.15, -0.1) is 0 Å². The van der Waals surface area contributed by atoms with E-state index in [1.807, 2.05) is 35.2 Å². The van der Waals surface area contributed by atoms with Gasteiger partial charge in [0.15, 0.2) is 12.5 Å². The zero-order chi connectivity index (χ0) is 13.2. The molecule has 1 saturated heterocycles. The number of anilines is 1. The minimum Gasteiger partial charge on any atom is -0.394 e. The van der Waals surface area contributed by atoms with E-state index in [-0.39, 0.29) is 12.7 Å². The van der Waals surface area contributed by atoms with Gasteiger partial charge in [-0.05, 0) is 24.3 Å². The lowest BCUT2D eigenvalue weighted by Gasteiger charge is -2.21. The quantitative estimate of drug-likeness (QED) is 0.831. The highest BCUT2D eigenvalue weighted by atomic mass is 16.5. The van der Waals surface area contributed by atoms with E-state index >= 15 is 0 Å². The Labute approximate surface area is 110 Å². The molecule has 2 heterocycles. The van der Waals surface area contributed by atoms with Crippen molar-refractivity contribution in [2.75, 3.05) is 18.1 Å². The number of aliphatic hydroxyl groups is 1. The van der Waals surface area contributed by atoms with Crippen LogP contribution >= 0.6 is 0 Å². The van der Waals surface area contributed by atoms with Gasteiger partial charge in [-0.3, -0.25) is 9.78 Å². The average Bonchev–Trinajstić information content (AvgIpc) is 2.90. The molecular weight excluding hydrogens is 244 g/mol. The van der Waals surface area contributed by atoms with Gasteiger partial charge >= 0.3 is 0 Å². The maximum Gasteiger partial charge on any atom is 0.187 e. The zero-order valence-electron chi connectivity index (χ0n) is 10.3. The van der Waals surface area contributed by atoms with Crippen LogP contribution in [-0.2, 0) is 9.53 Å². The molecule has 2 atom stereocenters. The van der Waals surface area contributed by atoms with Gasteiger partial charge < -0.3 is 14.7 Å². The first-order chi connectivity index (χ1) is 9.31. The Kier molecular flexibility index (Phi) is 3.15. The summed E-state index contributed by atoms with van der Waals surface area (Å²) in [6, 6.07) is 9.65. The van der Waals surface area contributed by atoms with E-state index < -0.39 is 6.23 Å². The maximum absolute atomic E-state index is 11.1. The monoisotopic (exact) mass is 258 g/mol. The van der Waals surface area contributed by atoms with E-state index in [0.717, 1.165) is 22.9 Å². The van der Waals surface area contributed by atoms with Gasteiger partial charge in [-0.2, -0.15) is 0 Å². The van der Waals surface area contributed by atoms with Gasteiger partial charge in [0.2, 0.25) is 0 Å². The summed E-state index contributed by atoms with van der Waals surface area (Å²) in [6.07, 6.45) is 1.55. The van der Waals surface area contributed by atoms with Crippen molar-refractivity contribution in [1.82, 2.24) is 4.98 Å². The summed E-state index contributed by atoms with van der Waals surface area (Å²) < 4.78 is 5.43. The first-order valence-corrected chi connectivity index (χ1v) is 6.15. The molecule has 98 valence electrons. The minimum atomic E-state index is -0.633. The lowest BCUT2D eigenvalue weighted by molar-refractivity contribution is -0.117. The van der Waals surface area contributed by atoms with Crippen molar-refractivity contribution in [3.8, 4) is 0 Å². The number of aldehydes is 1. The van der Waals surface area contributed by atoms with Crippen molar-refractivity contribution in [3.05, 3.63) is 36.5 Å². The third kappa shape index (κ3) is 2.18. The number of aliphatic hydroxyl groups excluding tert-OH is 1. The summed E-state index contributed by atoms with van der Waals surface area (Å²) in [5.74, 6) is 0. The van der Waals surface area contributed by atoms with Crippen LogP contribution in [0.4, 0.5) is 5.69 Å². The third-order valence-corrected chi connectivity index (χ3v) is 3.28. The van der Waals surface area contributed by atoms with Gasteiger partial charge in [0, 0.05) is 23.8 Å². The molecule has 1 fully saturated rings. The van der Waals surface area contributed by atoms with Gasteiger partial charge in [0.05, 0.1) is 12.1 Å². The molecule has 1 aromatic heterocycles. The van der Waals surface area contributed by atoms with E-state index in [0.29, 0.717) is 6.54 Å². The van der Waals surface area contributed by atoms with Crippen molar-refractivity contribution >= 4 is 22.9 Å². The highest BCUT2D eigenvalue weighted by molar-refractivity contribution is 5.83. The molecule has 0 radical (unpaired) electrons.